The minimum absolute atomic E-state index is 0.201. The summed E-state index contributed by atoms with van der Waals surface area (Å²) in [6, 6.07) is 0. The van der Waals surface area contributed by atoms with Gasteiger partial charge in [-0.05, 0) is 13.8 Å². The van der Waals surface area contributed by atoms with Crippen LogP contribution in [0.2, 0.25) is 0 Å². The van der Waals surface area contributed by atoms with E-state index in [9.17, 15) is 4.79 Å². The largest absolute Gasteiger partial charge is 0.494 e. The van der Waals surface area contributed by atoms with Crippen molar-refractivity contribution in [3.05, 3.63) is 11.8 Å². The standard InChI is InChI=1S/C7H10O3/c1-3-9-6-4-7(8)10-5(6)2/h4-5H,3H2,1-2H3. The molecule has 1 aliphatic rings. The van der Waals surface area contributed by atoms with Gasteiger partial charge in [-0.1, -0.05) is 0 Å². The van der Waals surface area contributed by atoms with Gasteiger partial charge in [-0.3, -0.25) is 0 Å². The monoisotopic (exact) mass is 142 g/mol. The summed E-state index contributed by atoms with van der Waals surface area (Å²) in [5.41, 5.74) is 0. The molecule has 0 aromatic heterocycles. The third-order valence-corrected chi connectivity index (χ3v) is 1.26. The molecule has 0 aliphatic carbocycles. The molecule has 0 fully saturated rings. The van der Waals surface area contributed by atoms with Crippen molar-refractivity contribution < 1.29 is 14.3 Å². The van der Waals surface area contributed by atoms with Gasteiger partial charge in [0.1, 0.15) is 5.76 Å². The van der Waals surface area contributed by atoms with Gasteiger partial charge >= 0.3 is 5.97 Å². The van der Waals surface area contributed by atoms with Gasteiger partial charge in [0.15, 0.2) is 6.10 Å². The number of ether oxygens (including phenoxy) is 2. The molecule has 1 heterocycles. The van der Waals surface area contributed by atoms with Crippen LogP contribution in [0, 0.1) is 0 Å². The lowest BCUT2D eigenvalue weighted by atomic mass is 10.3. The molecule has 0 aromatic carbocycles. The number of cyclic esters (lactones) is 1. The molecular formula is C7H10O3. The molecule has 3 heteroatoms. The predicted octanol–water partition coefficient (Wildman–Crippen LogP) is 0.852. The first kappa shape index (κ1) is 7.12. The first-order valence-electron chi connectivity index (χ1n) is 3.29. The molecule has 0 radical (unpaired) electrons. The Hall–Kier alpha value is -0.990. The summed E-state index contributed by atoms with van der Waals surface area (Å²) in [5, 5.41) is 0. The van der Waals surface area contributed by atoms with Crippen LogP contribution in [-0.2, 0) is 14.3 Å². The van der Waals surface area contributed by atoms with Crippen molar-refractivity contribution in [3.63, 3.8) is 0 Å². The summed E-state index contributed by atoms with van der Waals surface area (Å²) in [7, 11) is 0. The quantitative estimate of drug-likeness (QED) is 0.536. The van der Waals surface area contributed by atoms with Gasteiger partial charge in [0, 0.05) is 0 Å². The van der Waals surface area contributed by atoms with Gasteiger partial charge in [0.2, 0.25) is 0 Å². The normalized spacial score (nSPS) is 24.0. The highest BCUT2D eigenvalue weighted by Gasteiger charge is 2.22. The lowest BCUT2D eigenvalue weighted by molar-refractivity contribution is -0.138. The van der Waals surface area contributed by atoms with Gasteiger partial charge in [-0.25, -0.2) is 4.79 Å². The number of hydrogen-bond acceptors (Lipinski definition) is 3. The van der Waals surface area contributed by atoms with Crippen LogP contribution in [0.4, 0.5) is 0 Å². The lowest BCUT2D eigenvalue weighted by Gasteiger charge is -2.07. The molecule has 0 amide bonds. The van der Waals surface area contributed by atoms with E-state index in [4.69, 9.17) is 9.47 Å². The van der Waals surface area contributed by atoms with Crippen LogP contribution >= 0.6 is 0 Å². The molecule has 0 saturated carbocycles. The van der Waals surface area contributed by atoms with Crippen LogP contribution in [0.15, 0.2) is 11.8 Å². The zero-order chi connectivity index (χ0) is 7.56. The molecule has 0 saturated heterocycles. The highest BCUT2D eigenvalue weighted by Crippen LogP contribution is 2.15. The number of rotatable bonds is 2. The zero-order valence-electron chi connectivity index (χ0n) is 6.09. The summed E-state index contributed by atoms with van der Waals surface area (Å²) in [4.78, 5) is 10.6. The first-order chi connectivity index (χ1) is 4.74. The lowest BCUT2D eigenvalue weighted by Crippen LogP contribution is -2.07. The predicted molar refractivity (Wildman–Crippen MR) is 35.3 cm³/mol. The maximum absolute atomic E-state index is 10.6. The van der Waals surface area contributed by atoms with Crippen molar-refractivity contribution in [1.29, 1.82) is 0 Å². The van der Waals surface area contributed by atoms with Crippen molar-refractivity contribution in [2.75, 3.05) is 6.61 Å². The van der Waals surface area contributed by atoms with E-state index < -0.39 is 0 Å². The van der Waals surface area contributed by atoms with E-state index in [1.165, 1.54) is 6.08 Å². The number of esters is 1. The molecule has 1 rings (SSSR count). The minimum Gasteiger partial charge on any atom is -0.494 e. The average molecular weight is 142 g/mol. The van der Waals surface area contributed by atoms with Crippen molar-refractivity contribution in [3.8, 4) is 0 Å². The first-order valence-corrected chi connectivity index (χ1v) is 3.29. The SMILES string of the molecule is CCOC1=CC(=O)OC1C. The fourth-order valence-corrected chi connectivity index (χ4v) is 0.826. The Labute approximate surface area is 59.6 Å². The molecule has 0 N–H and O–H groups in total. The molecule has 0 aromatic rings. The molecule has 0 spiro atoms. The summed E-state index contributed by atoms with van der Waals surface area (Å²) >= 11 is 0. The van der Waals surface area contributed by atoms with Crippen molar-refractivity contribution >= 4 is 5.97 Å². The molecule has 56 valence electrons. The summed E-state index contributed by atoms with van der Waals surface area (Å²) in [6.45, 7) is 4.23. The van der Waals surface area contributed by atoms with Crippen LogP contribution in [0.3, 0.4) is 0 Å². The Bertz CT molecular complexity index is 172. The highest BCUT2D eigenvalue weighted by molar-refractivity contribution is 5.85. The van der Waals surface area contributed by atoms with Gasteiger partial charge in [0.25, 0.3) is 0 Å². The Balaban J connectivity index is 2.56. The summed E-state index contributed by atoms with van der Waals surface area (Å²) < 4.78 is 9.87. The molecule has 0 bridgehead atoms. The second kappa shape index (κ2) is 2.73. The van der Waals surface area contributed by atoms with E-state index in [0.717, 1.165) is 0 Å². The van der Waals surface area contributed by atoms with E-state index in [2.05, 4.69) is 0 Å². The molecule has 1 atom stereocenters. The van der Waals surface area contributed by atoms with Gasteiger partial charge in [0.05, 0.1) is 12.7 Å². The van der Waals surface area contributed by atoms with Gasteiger partial charge < -0.3 is 9.47 Å². The number of carbonyl (C=O) groups is 1. The van der Waals surface area contributed by atoms with E-state index in [-0.39, 0.29) is 12.1 Å². The summed E-state index contributed by atoms with van der Waals surface area (Å²) in [6.07, 6.45) is 1.18. The molecule has 1 unspecified atom stereocenters. The third kappa shape index (κ3) is 1.29. The van der Waals surface area contributed by atoms with E-state index in [0.29, 0.717) is 12.4 Å². The maximum atomic E-state index is 10.6. The van der Waals surface area contributed by atoms with Crippen LogP contribution in [0.25, 0.3) is 0 Å². The van der Waals surface area contributed by atoms with Crippen molar-refractivity contribution in [1.82, 2.24) is 0 Å². The van der Waals surface area contributed by atoms with Crippen molar-refractivity contribution in [2.45, 2.75) is 20.0 Å². The van der Waals surface area contributed by atoms with Gasteiger partial charge in [-0.15, -0.1) is 0 Å². The van der Waals surface area contributed by atoms with Crippen LogP contribution in [0.5, 0.6) is 0 Å². The van der Waals surface area contributed by atoms with E-state index in [1.54, 1.807) is 6.92 Å². The molecule has 10 heavy (non-hydrogen) atoms. The second-order valence-electron chi connectivity index (χ2n) is 2.06. The van der Waals surface area contributed by atoms with Crippen LogP contribution in [-0.4, -0.2) is 18.7 Å². The molecule has 3 nitrogen and oxygen atoms in total. The molecule has 1 aliphatic heterocycles. The fraction of sp³-hybridized carbons (Fsp3) is 0.571. The van der Waals surface area contributed by atoms with Gasteiger partial charge in [-0.2, -0.15) is 0 Å². The smallest absolute Gasteiger partial charge is 0.335 e. The third-order valence-electron chi connectivity index (χ3n) is 1.26. The Kier molecular flexibility index (Phi) is 1.94. The number of carbonyl (C=O) groups excluding carboxylic acids is 1. The minimum atomic E-state index is -0.309. The van der Waals surface area contributed by atoms with Crippen LogP contribution < -0.4 is 0 Å². The maximum Gasteiger partial charge on any atom is 0.335 e. The fourth-order valence-electron chi connectivity index (χ4n) is 0.826. The second-order valence-corrected chi connectivity index (χ2v) is 2.06. The number of hydrogen-bond donors (Lipinski definition) is 0. The molecular weight excluding hydrogens is 132 g/mol. The van der Waals surface area contributed by atoms with Crippen LogP contribution in [0.1, 0.15) is 13.8 Å². The highest BCUT2D eigenvalue weighted by atomic mass is 16.6. The topological polar surface area (TPSA) is 35.5 Å². The summed E-state index contributed by atoms with van der Waals surface area (Å²) in [5.74, 6) is 0.323. The van der Waals surface area contributed by atoms with Crippen molar-refractivity contribution in [2.24, 2.45) is 0 Å². The zero-order valence-corrected chi connectivity index (χ0v) is 6.09. The van der Waals surface area contributed by atoms with E-state index >= 15 is 0 Å². The average Bonchev–Trinajstić information content (AvgIpc) is 2.13. The Morgan fingerprint density at radius 2 is 2.50 bits per heavy atom. The Morgan fingerprint density at radius 3 is 2.90 bits per heavy atom. The Morgan fingerprint density at radius 1 is 1.80 bits per heavy atom. The van der Waals surface area contributed by atoms with E-state index in [1.807, 2.05) is 6.92 Å².